The molecule has 0 aromatic heterocycles. The molecule has 0 radical (unpaired) electrons. The molecule has 0 saturated carbocycles. The second-order valence-corrected chi connectivity index (χ2v) is 12.5. The van der Waals surface area contributed by atoms with E-state index in [-0.39, 0.29) is 0 Å². The Labute approximate surface area is 216 Å². The van der Waals surface area contributed by atoms with Gasteiger partial charge in [0.25, 0.3) is 0 Å². The summed E-state index contributed by atoms with van der Waals surface area (Å²) in [5.74, 6) is 0. The third-order valence-electron chi connectivity index (χ3n) is 6.94. The first-order chi connectivity index (χ1) is 17.1. The Bertz CT molecular complexity index is 1180. The number of benzene rings is 3. The highest BCUT2D eigenvalue weighted by molar-refractivity contribution is 8.01. The van der Waals surface area contributed by atoms with E-state index in [1.54, 1.807) is 30.3 Å². The molecule has 0 heterocycles. The van der Waals surface area contributed by atoms with Gasteiger partial charge in [-0.25, -0.2) is 0 Å². The molecule has 3 nitrogen and oxygen atoms in total. The van der Waals surface area contributed by atoms with Crippen molar-refractivity contribution in [3.8, 4) is 0 Å². The molecule has 3 aromatic rings. The van der Waals surface area contributed by atoms with Gasteiger partial charge in [-0.2, -0.15) is 0 Å². The zero-order valence-corrected chi connectivity index (χ0v) is 23.5. The zero-order valence-electron chi connectivity index (χ0n) is 22.6. The van der Waals surface area contributed by atoms with E-state index in [4.69, 9.17) is 0 Å². The van der Waals surface area contributed by atoms with Crippen molar-refractivity contribution in [3.63, 3.8) is 0 Å². The third-order valence-corrected chi connectivity index (χ3v) is 9.56. The minimum Gasteiger partial charge on any atom is -0.302 e. The highest BCUT2D eigenvalue weighted by atomic mass is 31.2. The Morgan fingerprint density at radius 2 is 1.00 bits per heavy atom. The van der Waals surface area contributed by atoms with Gasteiger partial charge in [0.15, 0.2) is 0 Å². The first kappa shape index (κ1) is 27.8. The van der Waals surface area contributed by atoms with Gasteiger partial charge in [-0.3, -0.25) is 9.59 Å². The maximum atomic E-state index is 14.8. The highest BCUT2D eigenvalue weighted by Crippen LogP contribution is 2.52. The first-order valence-electron chi connectivity index (χ1n) is 13.1. The SMILES string of the molecule is CCCCc1cc(C)c(C(=O)P(=O)(C(=O)c2c(C)cc(CCCC)cc2C)c2ccccc2)c(C)c1. The molecule has 0 unspecified atom stereocenters. The lowest BCUT2D eigenvalue weighted by atomic mass is 9.97. The van der Waals surface area contributed by atoms with Crippen LogP contribution in [-0.2, 0) is 17.4 Å². The van der Waals surface area contributed by atoms with E-state index in [1.165, 1.54) is 11.1 Å². The lowest BCUT2D eigenvalue weighted by molar-refractivity contribution is 0.104. The molecular formula is C32H39O3P. The van der Waals surface area contributed by atoms with Gasteiger partial charge >= 0.3 is 0 Å². The zero-order chi connectivity index (χ0) is 26.5. The molecule has 0 N–H and O–H groups in total. The molecule has 36 heavy (non-hydrogen) atoms. The molecule has 3 aromatic carbocycles. The number of aryl methyl sites for hydroxylation is 6. The predicted octanol–water partition coefficient (Wildman–Crippen LogP) is 8.27. The molecule has 3 rings (SSSR count). The maximum absolute atomic E-state index is 14.8. The Kier molecular flexibility index (Phi) is 9.25. The fourth-order valence-electron chi connectivity index (χ4n) is 5.11. The van der Waals surface area contributed by atoms with Crippen molar-refractivity contribution in [2.45, 2.75) is 80.1 Å². The molecule has 0 spiro atoms. The number of carbonyl (C=O) groups excluding carboxylic acids is 2. The second-order valence-electron chi connectivity index (χ2n) is 9.97. The molecule has 0 saturated heterocycles. The van der Waals surface area contributed by atoms with Crippen LogP contribution >= 0.6 is 7.14 Å². The minimum atomic E-state index is -4.16. The molecule has 0 fully saturated rings. The Morgan fingerprint density at radius 3 is 1.33 bits per heavy atom. The van der Waals surface area contributed by atoms with Crippen LogP contribution in [0.25, 0.3) is 0 Å². The predicted molar refractivity (Wildman–Crippen MR) is 151 cm³/mol. The fraction of sp³-hybridized carbons (Fsp3) is 0.375. The summed E-state index contributed by atoms with van der Waals surface area (Å²) < 4.78 is 14.8. The van der Waals surface area contributed by atoms with Crippen molar-refractivity contribution in [3.05, 3.63) is 99.1 Å². The molecule has 190 valence electrons. The smallest absolute Gasteiger partial charge is 0.248 e. The van der Waals surface area contributed by atoms with E-state index in [1.807, 2.05) is 52.0 Å². The van der Waals surface area contributed by atoms with Crippen molar-refractivity contribution < 1.29 is 14.2 Å². The average molecular weight is 503 g/mol. The Hall–Kier alpha value is -2.77. The summed E-state index contributed by atoms with van der Waals surface area (Å²) in [5, 5.41) is 0.294. The second kappa shape index (κ2) is 12.0. The van der Waals surface area contributed by atoms with Crippen molar-refractivity contribution in [2.24, 2.45) is 0 Å². The number of unbranched alkanes of at least 4 members (excludes halogenated alkanes) is 2. The molecule has 0 atom stereocenters. The van der Waals surface area contributed by atoms with Crippen LogP contribution in [0, 0.1) is 27.7 Å². The van der Waals surface area contributed by atoms with E-state index in [2.05, 4.69) is 13.8 Å². The fourth-order valence-corrected chi connectivity index (χ4v) is 7.69. The first-order valence-corrected chi connectivity index (χ1v) is 14.8. The lowest BCUT2D eigenvalue weighted by Gasteiger charge is -2.21. The summed E-state index contributed by atoms with van der Waals surface area (Å²) in [5.41, 5.74) is 5.12. The van der Waals surface area contributed by atoms with Crippen LogP contribution in [0.2, 0.25) is 0 Å². The number of carbonyl (C=O) groups is 2. The number of hydrogen-bond acceptors (Lipinski definition) is 3. The minimum absolute atomic E-state index is 0.294. The van der Waals surface area contributed by atoms with Crippen LogP contribution < -0.4 is 5.30 Å². The topological polar surface area (TPSA) is 51.2 Å². The summed E-state index contributed by atoms with van der Waals surface area (Å²) in [7, 11) is -4.16. The van der Waals surface area contributed by atoms with Crippen LogP contribution in [0.4, 0.5) is 0 Å². The van der Waals surface area contributed by atoms with Gasteiger partial charge in [0.1, 0.15) is 0 Å². The maximum Gasteiger partial charge on any atom is 0.248 e. The summed E-state index contributed by atoms with van der Waals surface area (Å²) in [6, 6.07) is 16.6. The Morgan fingerprint density at radius 1 is 0.639 bits per heavy atom. The number of rotatable bonds is 11. The van der Waals surface area contributed by atoms with E-state index in [0.717, 1.165) is 60.8 Å². The average Bonchev–Trinajstić information content (AvgIpc) is 2.85. The molecule has 0 aliphatic carbocycles. The standard InChI is InChI=1S/C32H39O3P/c1-7-9-14-26-18-22(3)29(23(4)19-26)31(33)36(35,28-16-12-11-13-17-28)32(34)30-24(5)20-27(15-10-8-2)21-25(30)6/h11-13,16-21H,7-10,14-15H2,1-6H3. The molecule has 4 heteroatoms. The van der Waals surface area contributed by atoms with Gasteiger partial charge in [-0.1, -0.05) is 81.3 Å². The number of hydrogen-bond donors (Lipinski definition) is 0. The molecule has 0 aliphatic rings. The van der Waals surface area contributed by atoms with E-state index < -0.39 is 18.2 Å². The van der Waals surface area contributed by atoms with Crippen LogP contribution in [0.1, 0.15) is 93.6 Å². The third kappa shape index (κ3) is 5.62. The summed E-state index contributed by atoms with van der Waals surface area (Å²) in [6.07, 6.45) is 6.19. The van der Waals surface area contributed by atoms with E-state index in [9.17, 15) is 14.2 Å². The van der Waals surface area contributed by atoms with Crippen LogP contribution in [0.5, 0.6) is 0 Å². The molecule has 0 bridgehead atoms. The normalized spacial score (nSPS) is 11.5. The van der Waals surface area contributed by atoms with Gasteiger partial charge < -0.3 is 4.57 Å². The Balaban J connectivity index is 2.17. The van der Waals surface area contributed by atoms with E-state index >= 15 is 0 Å². The largest absolute Gasteiger partial charge is 0.302 e. The van der Waals surface area contributed by atoms with Gasteiger partial charge in [0, 0.05) is 16.4 Å². The van der Waals surface area contributed by atoms with Crippen LogP contribution in [0.15, 0.2) is 54.6 Å². The molecule has 0 amide bonds. The highest BCUT2D eigenvalue weighted by Gasteiger charge is 2.44. The summed E-state index contributed by atoms with van der Waals surface area (Å²) in [4.78, 5) is 28.4. The van der Waals surface area contributed by atoms with Crippen LogP contribution in [0.3, 0.4) is 0 Å². The van der Waals surface area contributed by atoms with Crippen molar-refractivity contribution in [1.29, 1.82) is 0 Å². The van der Waals surface area contributed by atoms with Gasteiger partial charge in [0.2, 0.25) is 18.2 Å². The summed E-state index contributed by atoms with van der Waals surface area (Å²) >= 11 is 0. The van der Waals surface area contributed by atoms with Gasteiger partial charge in [0.05, 0.1) is 0 Å². The summed E-state index contributed by atoms with van der Waals surface area (Å²) in [6.45, 7) is 11.8. The quantitative estimate of drug-likeness (QED) is 0.248. The van der Waals surface area contributed by atoms with Crippen molar-refractivity contribution >= 4 is 23.5 Å². The van der Waals surface area contributed by atoms with Gasteiger partial charge in [-0.05, 0) is 86.8 Å². The van der Waals surface area contributed by atoms with Crippen molar-refractivity contribution in [1.82, 2.24) is 0 Å². The monoisotopic (exact) mass is 502 g/mol. The van der Waals surface area contributed by atoms with Crippen molar-refractivity contribution in [2.75, 3.05) is 0 Å². The lowest BCUT2D eigenvalue weighted by Crippen LogP contribution is -2.23. The molecule has 0 aliphatic heterocycles. The van der Waals surface area contributed by atoms with E-state index in [0.29, 0.717) is 16.4 Å². The van der Waals surface area contributed by atoms with Gasteiger partial charge in [-0.15, -0.1) is 0 Å². The van der Waals surface area contributed by atoms with Crippen LogP contribution in [-0.4, -0.2) is 11.0 Å². The molecular weight excluding hydrogens is 463 g/mol.